The Kier molecular flexibility index (Phi) is 16.2. The molecule has 0 unspecified atom stereocenters. The van der Waals surface area contributed by atoms with Crippen LogP contribution in [0.5, 0.6) is 0 Å². The van der Waals surface area contributed by atoms with Crippen LogP contribution in [-0.2, 0) is 75.7 Å². The normalized spacial score (nSPS) is 19.6. The number of methoxy groups -OCH3 is 1. The van der Waals surface area contributed by atoms with Gasteiger partial charge in [0.2, 0.25) is 0 Å². The number of ether oxygens (including phenoxy) is 8. The molecule has 0 saturated carbocycles. The quantitative estimate of drug-likeness (QED) is 0.0816. The molecule has 11 nitrogen and oxygen atoms in total. The van der Waals surface area contributed by atoms with Crippen molar-refractivity contribution in [3.05, 3.63) is 179 Å². The molecular weight excluding hydrogens is 727 g/mol. The minimum Gasteiger partial charge on any atom is -0.467 e. The summed E-state index contributed by atoms with van der Waals surface area (Å²) in [6.07, 6.45) is -4.94. The van der Waals surface area contributed by atoms with Crippen LogP contribution >= 0.6 is 0 Å². The average Bonchev–Trinajstić information content (AvgIpc) is 3.27. The van der Waals surface area contributed by atoms with Crippen molar-refractivity contribution in [1.82, 2.24) is 5.32 Å². The summed E-state index contributed by atoms with van der Waals surface area (Å²) in [4.78, 5) is 25.9. The van der Waals surface area contributed by atoms with Crippen molar-refractivity contribution in [2.75, 3.05) is 20.3 Å². The summed E-state index contributed by atoms with van der Waals surface area (Å²) in [5.74, 6) is -0.729. The molecule has 0 radical (unpaired) electrons. The van der Waals surface area contributed by atoms with Gasteiger partial charge in [0, 0.05) is 0 Å². The van der Waals surface area contributed by atoms with Crippen molar-refractivity contribution in [3.8, 4) is 0 Å². The molecule has 1 heterocycles. The summed E-state index contributed by atoms with van der Waals surface area (Å²) in [7, 11) is 1.23. The SMILES string of the molecule is COC(=O)[C@H](CO[C@@H]1O[C@H](COCc2ccccc2)[C@@H](OCc2ccccc2)[C@H](OCc2ccccc2)[C@H]1OCc1ccccc1)NC(=O)OCc1ccccc1. The third kappa shape index (κ3) is 13.1. The van der Waals surface area contributed by atoms with Crippen LogP contribution in [0.1, 0.15) is 27.8 Å². The van der Waals surface area contributed by atoms with E-state index in [1.807, 2.05) is 152 Å². The molecule has 1 saturated heterocycles. The molecule has 57 heavy (non-hydrogen) atoms. The zero-order valence-electron chi connectivity index (χ0n) is 31.9. The minimum absolute atomic E-state index is 0.0119. The van der Waals surface area contributed by atoms with E-state index in [4.69, 9.17) is 37.9 Å². The molecule has 0 aliphatic carbocycles. The van der Waals surface area contributed by atoms with E-state index in [9.17, 15) is 9.59 Å². The van der Waals surface area contributed by atoms with Gasteiger partial charge >= 0.3 is 12.1 Å². The van der Waals surface area contributed by atoms with Crippen LogP contribution in [0.25, 0.3) is 0 Å². The number of benzene rings is 5. The van der Waals surface area contributed by atoms with Crippen LogP contribution in [0.3, 0.4) is 0 Å². The number of carbonyl (C=O) groups excluding carboxylic acids is 2. The first kappa shape index (κ1) is 41.2. The Labute approximate surface area is 333 Å². The molecule has 5 aromatic rings. The van der Waals surface area contributed by atoms with Crippen LogP contribution in [0, 0.1) is 0 Å². The predicted molar refractivity (Wildman–Crippen MR) is 211 cm³/mol. The largest absolute Gasteiger partial charge is 0.467 e. The highest BCUT2D eigenvalue weighted by molar-refractivity contribution is 5.81. The standard InChI is InChI=1S/C46H49NO10/c1-50-44(48)39(47-46(49)56-31-38-25-15-6-16-26-38)32-55-45-43(54-30-37-23-13-5-14-24-37)42(53-29-36-21-11-4-12-22-36)41(52-28-35-19-9-3-10-20-35)40(57-45)33-51-27-34-17-7-2-8-18-34/h2-26,39-43,45H,27-33H2,1H3,(H,47,49)/t39-,40+,41+,42-,43+,45+/m0/s1. The average molecular weight is 776 g/mol. The number of alkyl carbamates (subject to hydrolysis) is 1. The lowest BCUT2D eigenvalue weighted by atomic mass is 9.97. The topological polar surface area (TPSA) is 120 Å². The molecule has 0 bridgehead atoms. The summed E-state index contributed by atoms with van der Waals surface area (Å²) >= 11 is 0. The Bertz CT molecular complexity index is 1890. The molecule has 6 atom stereocenters. The highest BCUT2D eigenvalue weighted by atomic mass is 16.7. The number of hydrogen-bond acceptors (Lipinski definition) is 10. The van der Waals surface area contributed by atoms with Gasteiger partial charge in [-0.2, -0.15) is 0 Å². The third-order valence-corrected chi connectivity index (χ3v) is 9.26. The molecule has 5 aromatic carbocycles. The first-order valence-electron chi connectivity index (χ1n) is 19.0. The van der Waals surface area contributed by atoms with Gasteiger partial charge in [-0.05, 0) is 27.8 Å². The Balaban J connectivity index is 1.27. The molecular formula is C46H49NO10. The fraction of sp³-hybridized carbons (Fsp3) is 0.304. The Morgan fingerprint density at radius 1 is 0.544 bits per heavy atom. The van der Waals surface area contributed by atoms with Gasteiger partial charge in [0.25, 0.3) is 0 Å². The zero-order chi connectivity index (χ0) is 39.5. The molecule has 298 valence electrons. The van der Waals surface area contributed by atoms with Gasteiger partial charge in [-0.25, -0.2) is 9.59 Å². The second kappa shape index (κ2) is 22.4. The van der Waals surface area contributed by atoms with E-state index in [0.717, 1.165) is 27.8 Å². The van der Waals surface area contributed by atoms with E-state index >= 15 is 0 Å². The Hall–Kier alpha value is -5.40. The van der Waals surface area contributed by atoms with Crippen LogP contribution in [0.4, 0.5) is 4.79 Å². The van der Waals surface area contributed by atoms with E-state index in [1.165, 1.54) is 7.11 Å². The van der Waals surface area contributed by atoms with Crippen LogP contribution < -0.4 is 5.32 Å². The number of rotatable bonds is 20. The molecule has 1 aliphatic heterocycles. The lowest BCUT2D eigenvalue weighted by molar-refractivity contribution is -0.329. The van der Waals surface area contributed by atoms with Crippen LogP contribution in [0.15, 0.2) is 152 Å². The molecule has 6 rings (SSSR count). The molecule has 0 spiro atoms. The maximum absolute atomic E-state index is 13.0. The maximum atomic E-state index is 13.0. The van der Waals surface area contributed by atoms with Crippen molar-refractivity contribution in [3.63, 3.8) is 0 Å². The highest BCUT2D eigenvalue weighted by Crippen LogP contribution is 2.32. The summed E-state index contributed by atoms with van der Waals surface area (Å²) in [5.41, 5.74) is 4.62. The van der Waals surface area contributed by atoms with Crippen molar-refractivity contribution >= 4 is 12.1 Å². The van der Waals surface area contributed by atoms with Crippen molar-refractivity contribution in [2.45, 2.75) is 69.8 Å². The van der Waals surface area contributed by atoms with Gasteiger partial charge in [0.15, 0.2) is 12.3 Å². The van der Waals surface area contributed by atoms with Gasteiger partial charge in [-0.15, -0.1) is 0 Å². The maximum Gasteiger partial charge on any atom is 0.408 e. The lowest BCUT2D eigenvalue weighted by Crippen LogP contribution is -2.62. The van der Waals surface area contributed by atoms with Crippen molar-refractivity contribution in [1.29, 1.82) is 0 Å². The third-order valence-electron chi connectivity index (χ3n) is 9.26. The van der Waals surface area contributed by atoms with Crippen LogP contribution in [0.2, 0.25) is 0 Å². The summed E-state index contributed by atoms with van der Waals surface area (Å²) in [5, 5.41) is 2.58. The lowest BCUT2D eigenvalue weighted by Gasteiger charge is -2.46. The van der Waals surface area contributed by atoms with E-state index in [-0.39, 0.29) is 39.6 Å². The van der Waals surface area contributed by atoms with Gasteiger partial charge in [0.1, 0.15) is 31.0 Å². The highest BCUT2D eigenvalue weighted by Gasteiger charge is 2.49. The summed E-state index contributed by atoms with van der Waals surface area (Å²) < 4.78 is 49.9. The fourth-order valence-electron chi connectivity index (χ4n) is 6.29. The van der Waals surface area contributed by atoms with Gasteiger partial charge in [0.05, 0.1) is 46.8 Å². The number of hydrogen-bond donors (Lipinski definition) is 1. The molecule has 1 amide bonds. The second-order valence-corrected chi connectivity index (χ2v) is 13.4. The molecule has 1 aliphatic rings. The molecule has 1 N–H and O–H groups in total. The predicted octanol–water partition coefficient (Wildman–Crippen LogP) is 7.17. The first-order valence-corrected chi connectivity index (χ1v) is 19.0. The van der Waals surface area contributed by atoms with Gasteiger partial charge in [-0.3, -0.25) is 0 Å². The van der Waals surface area contributed by atoms with Crippen LogP contribution in [-0.4, -0.2) is 69.1 Å². The van der Waals surface area contributed by atoms with E-state index < -0.39 is 48.8 Å². The molecule has 1 fully saturated rings. The van der Waals surface area contributed by atoms with Gasteiger partial charge < -0.3 is 43.2 Å². The monoisotopic (exact) mass is 775 g/mol. The summed E-state index contributed by atoms with van der Waals surface area (Å²) in [6.45, 7) is 0.845. The second-order valence-electron chi connectivity index (χ2n) is 13.4. The van der Waals surface area contributed by atoms with E-state index in [2.05, 4.69) is 5.32 Å². The molecule has 0 aromatic heterocycles. The van der Waals surface area contributed by atoms with Crippen molar-refractivity contribution in [2.24, 2.45) is 0 Å². The number of carbonyl (C=O) groups is 2. The first-order chi connectivity index (χ1) is 28.1. The Morgan fingerprint density at radius 2 is 0.965 bits per heavy atom. The Morgan fingerprint density at radius 3 is 1.44 bits per heavy atom. The summed E-state index contributed by atoms with van der Waals surface area (Å²) in [6, 6.07) is 47.2. The fourth-order valence-corrected chi connectivity index (χ4v) is 6.29. The molecule has 11 heteroatoms. The van der Waals surface area contributed by atoms with Crippen molar-refractivity contribution < 1.29 is 47.5 Å². The number of nitrogens with one attached hydrogen (secondary N) is 1. The number of amides is 1. The van der Waals surface area contributed by atoms with Gasteiger partial charge in [-0.1, -0.05) is 152 Å². The number of esters is 1. The van der Waals surface area contributed by atoms with E-state index in [1.54, 1.807) is 0 Å². The smallest absolute Gasteiger partial charge is 0.408 e. The zero-order valence-corrected chi connectivity index (χ0v) is 31.9. The minimum atomic E-state index is -1.24. The van der Waals surface area contributed by atoms with E-state index in [0.29, 0.717) is 6.61 Å².